The first-order chi connectivity index (χ1) is 14.2. The quantitative estimate of drug-likeness (QED) is 0.781. The molecular weight excluding hydrogens is 368 g/mol. The van der Waals surface area contributed by atoms with E-state index < -0.39 is 0 Å². The summed E-state index contributed by atoms with van der Waals surface area (Å²) in [5.74, 6) is 1.42. The molecule has 4 rings (SSSR count). The lowest BCUT2D eigenvalue weighted by molar-refractivity contribution is -0.137. The zero-order chi connectivity index (χ0) is 20.2. The van der Waals surface area contributed by atoms with E-state index >= 15 is 0 Å². The van der Waals surface area contributed by atoms with E-state index in [-0.39, 0.29) is 24.5 Å². The maximum atomic E-state index is 13.0. The second kappa shape index (κ2) is 8.55. The third kappa shape index (κ3) is 4.21. The number of carbonyl (C=O) groups excluding carboxylic acids is 2. The molecule has 2 aliphatic heterocycles. The first-order valence-electron chi connectivity index (χ1n) is 10.2. The number of hydrogen-bond acceptors (Lipinski definition) is 4. The van der Waals surface area contributed by atoms with Crippen LogP contribution in [-0.2, 0) is 11.3 Å². The largest absolute Gasteiger partial charge is 0.454 e. The van der Waals surface area contributed by atoms with Gasteiger partial charge >= 0.3 is 0 Å². The Balaban J connectivity index is 1.34. The van der Waals surface area contributed by atoms with Gasteiger partial charge in [-0.05, 0) is 43.5 Å². The minimum atomic E-state index is -0.0283. The first kappa shape index (κ1) is 19.3. The topological polar surface area (TPSA) is 59.1 Å². The highest BCUT2D eigenvalue weighted by Crippen LogP contribution is 2.33. The Morgan fingerprint density at radius 1 is 1.03 bits per heavy atom. The zero-order valence-corrected chi connectivity index (χ0v) is 16.7. The molecule has 2 aromatic rings. The molecule has 0 radical (unpaired) electrons. The number of fused-ring (bicyclic) bond motifs is 1. The molecule has 0 aliphatic carbocycles. The Morgan fingerprint density at radius 2 is 1.76 bits per heavy atom. The van der Waals surface area contributed by atoms with Crippen molar-refractivity contribution >= 4 is 11.8 Å². The van der Waals surface area contributed by atoms with Gasteiger partial charge in [0, 0.05) is 37.7 Å². The van der Waals surface area contributed by atoms with Gasteiger partial charge in [-0.15, -0.1) is 0 Å². The lowest BCUT2D eigenvalue weighted by Crippen LogP contribution is -2.44. The summed E-state index contributed by atoms with van der Waals surface area (Å²) >= 11 is 0. The van der Waals surface area contributed by atoms with Crippen LogP contribution in [0.15, 0.2) is 48.5 Å². The molecule has 0 aromatic heterocycles. The Kier molecular flexibility index (Phi) is 5.69. The number of ether oxygens (including phenoxy) is 2. The van der Waals surface area contributed by atoms with Gasteiger partial charge in [0.1, 0.15) is 0 Å². The highest BCUT2D eigenvalue weighted by Gasteiger charge is 2.30. The smallest absolute Gasteiger partial charge is 0.253 e. The van der Waals surface area contributed by atoms with Gasteiger partial charge in [0.25, 0.3) is 5.91 Å². The molecule has 29 heavy (non-hydrogen) atoms. The fraction of sp³-hybridized carbons (Fsp3) is 0.391. The molecule has 0 bridgehead atoms. The predicted molar refractivity (Wildman–Crippen MR) is 109 cm³/mol. The minimum Gasteiger partial charge on any atom is -0.454 e. The molecule has 2 heterocycles. The average molecular weight is 394 g/mol. The molecule has 2 amide bonds. The second-order valence-corrected chi connectivity index (χ2v) is 7.47. The van der Waals surface area contributed by atoms with Gasteiger partial charge in [-0.1, -0.05) is 30.3 Å². The standard InChI is InChI=1S/C23H26N2O4/c1-2-24(15-17-6-4-3-5-7-17)22(26)18-10-12-25(13-11-18)23(27)19-8-9-20-21(14-19)29-16-28-20/h3-9,14,18H,2,10-13,15-16H2,1H3. The Hall–Kier alpha value is -3.02. The van der Waals surface area contributed by atoms with E-state index in [9.17, 15) is 9.59 Å². The monoisotopic (exact) mass is 394 g/mol. The minimum absolute atomic E-state index is 0.0224. The van der Waals surface area contributed by atoms with Gasteiger partial charge in [-0.2, -0.15) is 0 Å². The lowest BCUT2D eigenvalue weighted by atomic mass is 9.94. The fourth-order valence-corrected chi connectivity index (χ4v) is 3.95. The van der Waals surface area contributed by atoms with Crippen LogP contribution >= 0.6 is 0 Å². The van der Waals surface area contributed by atoms with Crippen molar-refractivity contribution in [1.29, 1.82) is 0 Å². The van der Waals surface area contributed by atoms with E-state index in [1.54, 1.807) is 18.2 Å². The molecule has 0 unspecified atom stereocenters. The van der Waals surface area contributed by atoms with Crippen LogP contribution in [0, 0.1) is 5.92 Å². The summed E-state index contributed by atoms with van der Waals surface area (Å²) in [6, 6.07) is 15.3. The third-order valence-electron chi connectivity index (χ3n) is 5.66. The molecule has 6 nitrogen and oxygen atoms in total. The third-order valence-corrected chi connectivity index (χ3v) is 5.66. The van der Waals surface area contributed by atoms with E-state index in [1.165, 1.54) is 0 Å². The van der Waals surface area contributed by atoms with Crippen LogP contribution in [-0.4, -0.2) is 48.0 Å². The summed E-state index contributed by atoms with van der Waals surface area (Å²) in [6.45, 7) is 4.70. The number of carbonyl (C=O) groups is 2. The number of likely N-dealkylation sites (tertiary alicyclic amines) is 1. The van der Waals surface area contributed by atoms with Crippen LogP contribution in [0.3, 0.4) is 0 Å². The molecule has 1 fully saturated rings. The van der Waals surface area contributed by atoms with Crippen molar-refractivity contribution in [2.75, 3.05) is 26.4 Å². The van der Waals surface area contributed by atoms with Gasteiger partial charge in [0.15, 0.2) is 11.5 Å². The summed E-state index contributed by atoms with van der Waals surface area (Å²) in [5.41, 5.74) is 1.73. The SMILES string of the molecule is CCN(Cc1ccccc1)C(=O)C1CCN(C(=O)c2ccc3c(c2)OCO3)CC1. The average Bonchev–Trinajstić information content (AvgIpc) is 3.25. The van der Waals surface area contributed by atoms with Crippen molar-refractivity contribution in [3.05, 3.63) is 59.7 Å². The van der Waals surface area contributed by atoms with Crippen LogP contribution < -0.4 is 9.47 Å². The van der Waals surface area contributed by atoms with Gasteiger partial charge in [0.2, 0.25) is 12.7 Å². The lowest BCUT2D eigenvalue weighted by Gasteiger charge is -2.34. The van der Waals surface area contributed by atoms with E-state index in [0.717, 1.165) is 5.56 Å². The van der Waals surface area contributed by atoms with E-state index in [4.69, 9.17) is 9.47 Å². The summed E-state index contributed by atoms with van der Waals surface area (Å²) < 4.78 is 10.7. The highest BCUT2D eigenvalue weighted by atomic mass is 16.7. The van der Waals surface area contributed by atoms with Crippen LogP contribution in [0.1, 0.15) is 35.7 Å². The molecular formula is C23H26N2O4. The van der Waals surface area contributed by atoms with Crippen LogP contribution in [0.2, 0.25) is 0 Å². The number of piperidine rings is 1. The van der Waals surface area contributed by atoms with Gasteiger partial charge in [-0.3, -0.25) is 9.59 Å². The van der Waals surface area contributed by atoms with Gasteiger partial charge < -0.3 is 19.3 Å². The van der Waals surface area contributed by atoms with Crippen molar-refractivity contribution in [2.45, 2.75) is 26.3 Å². The number of nitrogens with zero attached hydrogens (tertiary/aromatic N) is 2. The van der Waals surface area contributed by atoms with Crippen molar-refractivity contribution in [1.82, 2.24) is 9.80 Å². The van der Waals surface area contributed by atoms with Crippen molar-refractivity contribution in [2.24, 2.45) is 5.92 Å². The van der Waals surface area contributed by atoms with Gasteiger partial charge in [-0.25, -0.2) is 0 Å². The molecule has 2 aromatic carbocycles. The summed E-state index contributed by atoms with van der Waals surface area (Å²) in [7, 11) is 0. The Labute approximate surface area is 171 Å². The normalized spacial score (nSPS) is 16.0. The zero-order valence-electron chi connectivity index (χ0n) is 16.7. The molecule has 0 atom stereocenters. The van der Waals surface area contributed by atoms with E-state index in [0.29, 0.717) is 56.1 Å². The fourth-order valence-electron chi connectivity index (χ4n) is 3.95. The summed E-state index contributed by atoms with van der Waals surface area (Å²) in [5, 5.41) is 0. The van der Waals surface area contributed by atoms with Crippen LogP contribution in [0.25, 0.3) is 0 Å². The molecule has 152 valence electrons. The highest BCUT2D eigenvalue weighted by molar-refractivity contribution is 5.95. The maximum Gasteiger partial charge on any atom is 0.253 e. The Bertz CT molecular complexity index is 876. The van der Waals surface area contributed by atoms with Crippen molar-refractivity contribution < 1.29 is 19.1 Å². The summed E-state index contributed by atoms with van der Waals surface area (Å²) in [4.78, 5) is 29.6. The maximum absolute atomic E-state index is 13.0. The van der Waals surface area contributed by atoms with E-state index in [1.807, 2.05) is 47.1 Å². The molecule has 2 aliphatic rings. The Morgan fingerprint density at radius 3 is 2.48 bits per heavy atom. The van der Waals surface area contributed by atoms with Gasteiger partial charge in [0.05, 0.1) is 0 Å². The first-order valence-corrected chi connectivity index (χ1v) is 10.2. The molecule has 0 saturated carbocycles. The molecule has 1 saturated heterocycles. The predicted octanol–water partition coefficient (Wildman–Crippen LogP) is 3.32. The number of benzene rings is 2. The molecule has 0 spiro atoms. The van der Waals surface area contributed by atoms with E-state index in [2.05, 4.69) is 0 Å². The summed E-state index contributed by atoms with van der Waals surface area (Å²) in [6.07, 6.45) is 1.39. The van der Waals surface area contributed by atoms with Crippen LogP contribution in [0.5, 0.6) is 11.5 Å². The van der Waals surface area contributed by atoms with Crippen molar-refractivity contribution in [3.8, 4) is 11.5 Å². The van der Waals surface area contributed by atoms with Crippen LogP contribution in [0.4, 0.5) is 0 Å². The molecule has 0 N–H and O–H groups in total. The molecule has 6 heteroatoms. The number of amides is 2. The number of hydrogen-bond donors (Lipinski definition) is 0. The van der Waals surface area contributed by atoms with Crippen molar-refractivity contribution in [3.63, 3.8) is 0 Å². The second-order valence-electron chi connectivity index (χ2n) is 7.47. The number of rotatable bonds is 5.